The van der Waals surface area contributed by atoms with Gasteiger partial charge in [-0.05, 0) is 25.5 Å². The van der Waals surface area contributed by atoms with Crippen LogP contribution in [0.15, 0.2) is 24.3 Å². The Bertz CT molecular complexity index is 492. The summed E-state index contributed by atoms with van der Waals surface area (Å²) < 4.78 is 9.36. The molecule has 0 amide bonds. The van der Waals surface area contributed by atoms with Crippen LogP contribution in [0.25, 0.3) is 0 Å². The van der Waals surface area contributed by atoms with Crippen LogP contribution >= 0.6 is 0 Å². The zero-order valence-electron chi connectivity index (χ0n) is 14.0. The van der Waals surface area contributed by atoms with Crippen molar-refractivity contribution in [3.05, 3.63) is 35.4 Å². The van der Waals surface area contributed by atoms with Crippen molar-refractivity contribution in [2.45, 2.75) is 39.5 Å². The Hall–Kier alpha value is -2.57. The first-order valence-corrected chi connectivity index (χ1v) is 7.79. The van der Waals surface area contributed by atoms with Crippen molar-refractivity contribution in [2.24, 2.45) is 0 Å². The molecule has 134 valence electrons. The van der Waals surface area contributed by atoms with E-state index in [4.69, 9.17) is 14.9 Å². The highest BCUT2D eigenvalue weighted by Gasteiger charge is 2.13. The molecule has 7 heteroatoms. The van der Waals surface area contributed by atoms with Gasteiger partial charge in [0.05, 0.1) is 24.3 Å². The molecule has 0 atom stereocenters. The number of aromatic carboxylic acids is 2. The van der Waals surface area contributed by atoms with Crippen LogP contribution in [0, 0.1) is 0 Å². The number of carboxylic acids is 2. The molecule has 1 rings (SSSR count). The monoisotopic (exact) mass is 340 g/mol. The van der Waals surface area contributed by atoms with Gasteiger partial charge in [-0.3, -0.25) is 0 Å². The molecule has 0 saturated carbocycles. The van der Waals surface area contributed by atoms with Gasteiger partial charge < -0.3 is 19.7 Å². The normalized spacial score (nSPS) is 9.42. The average Bonchev–Trinajstić information content (AvgIpc) is 2.55. The average molecular weight is 340 g/mol. The molecule has 24 heavy (non-hydrogen) atoms. The molecule has 0 bridgehead atoms. The summed E-state index contributed by atoms with van der Waals surface area (Å²) >= 11 is 0. The largest absolute Gasteiger partial charge is 0.508 e. The van der Waals surface area contributed by atoms with Crippen molar-refractivity contribution in [3.8, 4) is 0 Å². The first kappa shape index (κ1) is 21.4. The summed E-state index contributed by atoms with van der Waals surface area (Å²) in [5.41, 5.74) is -0.380. The van der Waals surface area contributed by atoms with E-state index >= 15 is 0 Å². The minimum atomic E-state index is -1.23. The Morgan fingerprint density at radius 3 is 1.83 bits per heavy atom. The first-order valence-electron chi connectivity index (χ1n) is 7.79. The van der Waals surface area contributed by atoms with Crippen LogP contribution in [-0.4, -0.2) is 41.5 Å². The fourth-order valence-corrected chi connectivity index (χ4v) is 1.70. The summed E-state index contributed by atoms with van der Waals surface area (Å²) in [6.45, 7) is 4.77. The van der Waals surface area contributed by atoms with Crippen molar-refractivity contribution < 1.29 is 34.1 Å². The van der Waals surface area contributed by atoms with E-state index in [2.05, 4.69) is 11.7 Å². The summed E-state index contributed by atoms with van der Waals surface area (Å²) in [5, 5.41) is 17.1. The van der Waals surface area contributed by atoms with E-state index in [-0.39, 0.29) is 11.1 Å². The smallest absolute Gasteiger partial charge is 0.478 e. The lowest BCUT2D eigenvalue weighted by atomic mass is 10.1. The number of carboxylic acid groups (broad SMARTS) is 2. The summed E-state index contributed by atoms with van der Waals surface area (Å²) in [6.07, 6.45) is 3.91. The van der Waals surface area contributed by atoms with Crippen molar-refractivity contribution >= 4 is 18.1 Å². The van der Waals surface area contributed by atoms with E-state index in [1.54, 1.807) is 6.92 Å². The van der Waals surface area contributed by atoms with Crippen LogP contribution in [0.2, 0.25) is 0 Å². The highest BCUT2D eigenvalue weighted by Crippen LogP contribution is 2.07. The highest BCUT2D eigenvalue weighted by molar-refractivity contribution is 6.01. The second-order valence-electron chi connectivity index (χ2n) is 4.75. The van der Waals surface area contributed by atoms with Gasteiger partial charge >= 0.3 is 18.1 Å². The molecule has 7 nitrogen and oxygen atoms in total. The lowest BCUT2D eigenvalue weighted by Gasteiger charge is -2.03. The molecule has 0 saturated heterocycles. The zero-order chi connectivity index (χ0) is 18.4. The van der Waals surface area contributed by atoms with E-state index < -0.39 is 18.1 Å². The van der Waals surface area contributed by atoms with Crippen molar-refractivity contribution in [1.82, 2.24) is 0 Å². The molecule has 0 aliphatic heterocycles. The maximum atomic E-state index is 10.6. The van der Waals surface area contributed by atoms with Gasteiger partial charge in [-0.25, -0.2) is 14.4 Å². The third kappa shape index (κ3) is 9.45. The number of rotatable bonds is 8. The van der Waals surface area contributed by atoms with Gasteiger partial charge in [-0.15, -0.1) is 0 Å². The number of benzene rings is 1. The van der Waals surface area contributed by atoms with Crippen LogP contribution in [0.1, 0.15) is 60.2 Å². The molecule has 1 aromatic carbocycles. The molecular formula is C17H24O7. The molecule has 0 unspecified atom stereocenters. The number of ether oxygens (including phenoxy) is 2. The van der Waals surface area contributed by atoms with Gasteiger partial charge in [0.1, 0.15) is 0 Å². The molecular weight excluding hydrogens is 316 g/mol. The van der Waals surface area contributed by atoms with Crippen molar-refractivity contribution in [2.75, 3.05) is 13.2 Å². The first-order chi connectivity index (χ1) is 11.4. The molecule has 0 fully saturated rings. The maximum Gasteiger partial charge on any atom is 0.508 e. The zero-order valence-corrected chi connectivity index (χ0v) is 14.0. The van der Waals surface area contributed by atoms with E-state index in [1.165, 1.54) is 37.1 Å². The topological polar surface area (TPSA) is 110 Å². The molecule has 0 spiro atoms. The second-order valence-corrected chi connectivity index (χ2v) is 4.75. The van der Waals surface area contributed by atoms with Gasteiger partial charge in [-0.1, -0.05) is 38.3 Å². The number of carbonyl (C=O) groups is 3. The molecule has 0 radical (unpaired) electrons. The van der Waals surface area contributed by atoms with E-state index in [1.807, 2.05) is 0 Å². The molecule has 1 aromatic rings. The third-order valence-electron chi connectivity index (χ3n) is 2.87. The number of unbranched alkanes of at least 4 members (excludes halogenated alkanes) is 3. The van der Waals surface area contributed by atoms with Crippen LogP contribution < -0.4 is 0 Å². The fraction of sp³-hybridized carbons (Fsp3) is 0.471. The van der Waals surface area contributed by atoms with Crippen LogP contribution in [0.4, 0.5) is 4.79 Å². The lowest BCUT2D eigenvalue weighted by Crippen LogP contribution is -2.07. The summed E-state index contributed by atoms with van der Waals surface area (Å²) in [5.74, 6) is -2.46. The Kier molecular flexibility index (Phi) is 11.5. The Labute approximate surface area is 141 Å². The van der Waals surface area contributed by atoms with E-state index in [0.717, 1.165) is 12.8 Å². The van der Waals surface area contributed by atoms with Gasteiger partial charge in [0, 0.05) is 0 Å². The maximum absolute atomic E-state index is 10.6. The number of carbonyl (C=O) groups excluding carboxylic acids is 1. The van der Waals surface area contributed by atoms with Crippen LogP contribution in [0.3, 0.4) is 0 Å². The number of hydrogen-bond donors (Lipinski definition) is 2. The Morgan fingerprint density at radius 2 is 1.42 bits per heavy atom. The molecule has 0 aliphatic rings. The minimum Gasteiger partial charge on any atom is -0.478 e. The van der Waals surface area contributed by atoms with E-state index in [0.29, 0.717) is 13.2 Å². The molecule has 2 N–H and O–H groups in total. The number of hydrogen-bond acceptors (Lipinski definition) is 5. The second kappa shape index (κ2) is 12.9. The van der Waals surface area contributed by atoms with Gasteiger partial charge in [0.25, 0.3) is 0 Å². The van der Waals surface area contributed by atoms with Gasteiger partial charge in [0.15, 0.2) is 0 Å². The van der Waals surface area contributed by atoms with Crippen molar-refractivity contribution in [1.29, 1.82) is 0 Å². The van der Waals surface area contributed by atoms with Crippen LogP contribution in [-0.2, 0) is 9.47 Å². The lowest BCUT2D eigenvalue weighted by molar-refractivity contribution is 0.0577. The summed E-state index contributed by atoms with van der Waals surface area (Å²) in [4.78, 5) is 31.6. The minimum absolute atomic E-state index is 0.190. The summed E-state index contributed by atoms with van der Waals surface area (Å²) in [7, 11) is 0. The molecule has 0 aliphatic carbocycles. The quantitative estimate of drug-likeness (QED) is 0.546. The SMILES string of the molecule is CCCCCCOC(=O)OCC.O=C(O)c1ccccc1C(=O)O. The predicted octanol–water partition coefficient (Wildman–Crippen LogP) is 3.82. The van der Waals surface area contributed by atoms with E-state index in [9.17, 15) is 14.4 Å². The summed E-state index contributed by atoms with van der Waals surface area (Å²) in [6, 6.07) is 5.48. The standard InChI is InChI=1S/C9H18O3.C8H6O4/c1-3-5-6-7-8-12-9(10)11-4-2;9-7(10)5-3-1-2-4-6(5)8(11)12/h3-8H2,1-2H3;1-4H,(H,9,10)(H,11,12). The molecule has 0 aromatic heterocycles. The van der Waals surface area contributed by atoms with Gasteiger partial charge in [-0.2, -0.15) is 0 Å². The van der Waals surface area contributed by atoms with Crippen molar-refractivity contribution in [3.63, 3.8) is 0 Å². The van der Waals surface area contributed by atoms with Gasteiger partial charge in [0.2, 0.25) is 0 Å². The van der Waals surface area contributed by atoms with Crippen LogP contribution in [0.5, 0.6) is 0 Å². The third-order valence-corrected chi connectivity index (χ3v) is 2.87. The highest BCUT2D eigenvalue weighted by atomic mass is 16.7. The predicted molar refractivity (Wildman–Crippen MR) is 87.5 cm³/mol. The Balaban J connectivity index is 0.000000441. The Morgan fingerprint density at radius 1 is 0.875 bits per heavy atom. The molecule has 0 heterocycles. The fourth-order valence-electron chi connectivity index (χ4n) is 1.70.